The van der Waals surface area contributed by atoms with Crippen LogP contribution in [0, 0.1) is 20.8 Å². The number of amides is 1. The monoisotopic (exact) mass is 404 g/mol. The van der Waals surface area contributed by atoms with Crippen molar-refractivity contribution in [1.29, 1.82) is 0 Å². The molecule has 1 aromatic carbocycles. The van der Waals surface area contributed by atoms with E-state index in [1.54, 1.807) is 27.8 Å². The molecule has 0 fully saturated rings. The van der Waals surface area contributed by atoms with Gasteiger partial charge in [-0.2, -0.15) is 0 Å². The Labute approximate surface area is 170 Å². The Morgan fingerprint density at radius 2 is 1.86 bits per heavy atom. The van der Waals surface area contributed by atoms with Crippen LogP contribution in [0.4, 0.5) is 0 Å². The van der Waals surface area contributed by atoms with E-state index >= 15 is 0 Å². The third-order valence-electron chi connectivity index (χ3n) is 3.94. The molecule has 2 aromatic rings. The number of aryl methyl sites for hydroxylation is 3. The molecule has 0 atom stereocenters. The Balaban J connectivity index is 2.06. The molecule has 7 nitrogen and oxygen atoms in total. The second kappa shape index (κ2) is 8.77. The number of ether oxygens (including phenoxy) is 1. The second-order valence-corrected chi connectivity index (χ2v) is 8.72. The Bertz CT molecular complexity index is 871. The standard InChI is InChI=1S/C20H28N4O3S/c1-13-8-9-14(2)16(10-13)24-15(3)21-22-19(24)28-12-17(25)23(7)11-18(26)27-20(4,5)6/h8-10H,11-12H2,1-7H3. The van der Waals surface area contributed by atoms with Gasteiger partial charge in [-0.3, -0.25) is 14.2 Å². The Hall–Kier alpha value is -2.35. The van der Waals surface area contributed by atoms with Gasteiger partial charge in [-0.15, -0.1) is 10.2 Å². The number of esters is 1. The summed E-state index contributed by atoms with van der Waals surface area (Å²) in [4.78, 5) is 25.7. The van der Waals surface area contributed by atoms with Gasteiger partial charge in [0.15, 0.2) is 5.16 Å². The number of rotatable bonds is 6. The minimum Gasteiger partial charge on any atom is -0.459 e. The number of hydrogen-bond acceptors (Lipinski definition) is 6. The van der Waals surface area contributed by atoms with Crippen LogP contribution < -0.4 is 0 Å². The van der Waals surface area contributed by atoms with Crippen LogP contribution in [0.15, 0.2) is 23.4 Å². The fourth-order valence-electron chi connectivity index (χ4n) is 2.57. The van der Waals surface area contributed by atoms with Gasteiger partial charge in [-0.1, -0.05) is 23.9 Å². The molecule has 0 unspecified atom stereocenters. The minimum absolute atomic E-state index is 0.0840. The largest absolute Gasteiger partial charge is 0.459 e. The maximum Gasteiger partial charge on any atom is 0.326 e. The molecule has 0 aliphatic carbocycles. The number of hydrogen-bond donors (Lipinski definition) is 0. The molecule has 0 bridgehead atoms. The second-order valence-electron chi connectivity index (χ2n) is 7.78. The summed E-state index contributed by atoms with van der Waals surface area (Å²) in [6, 6.07) is 6.19. The maximum atomic E-state index is 12.4. The molecule has 0 spiro atoms. The molecule has 2 rings (SSSR count). The molecule has 152 valence electrons. The average Bonchev–Trinajstić information content (AvgIpc) is 2.93. The number of carbonyl (C=O) groups is 2. The fraction of sp³-hybridized carbons (Fsp3) is 0.500. The predicted octanol–water partition coefficient (Wildman–Crippen LogP) is 3.08. The van der Waals surface area contributed by atoms with Gasteiger partial charge in [-0.25, -0.2) is 0 Å². The van der Waals surface area contributed by atoms with Crippen molar-refractivity contribution in [2.45, 2.75) is 52.3 Å². The molecular formula is C20H28N4O3S. The summed E-state index contributed by atoms with van der Waals surface area (Å²) < 4.78 is 7.21. The fourth-order valence-corrected chi connectivity index (χ4v) is 3.50. The molecule has 28 heavy (non-hydrogen) atoms. The third-order valence-corrected chi connectivity index (χ3v) is 4.85. The van der Waals surface area contributed by atoms with Crippen molar-refractivity contribution >= 4 is 23.6 Å². The number of likely N-dealkylation sites (N-methyl/N-ethyl adjacent to an activating group) is 1. The zero-order chi connectivity index (χ0) is 21.1. The smallest absolute Gasteiger partial charge is 0.326 e. The van der Waals surface area contributed by atoms with E-state index in [-0.39, 0.29) is 18.2 Å². The van der Waals surface area contributed by atoms with Crippen molar-refractivity contribution in [2.24, 2.45) is 0 Å². The first-order valence-corrected chi connectivity index (χ1v) is 10.0. The highest BCUT2D eigenvalue weighted by molar-refractivity contribution is 7.99. The quantitative estimate of drug-likeness (QED) is 0.544. The van der Waals surface area contributed by atoms with Crippen LogP contribution in [-0.4, -0.2) is 56.5 Å². The Morgan fingerprint density at radius 3 is 2.50 bits per heavy atom. The van der Waals surface area contributed by atoms with Crippen molar-refractivity contribution < 1.29 is 14.3 Å². The topological polar surface area (TPSA) is 77.3 Å². The maximum absolute atomic E-state index is 12.4. The molecular weight excluding hydrogens is 376 g/mol. The van der Waals surface area contributed by atoms with Gasteiger partial charge in [0.2, 0.25) is 5.91 Å². The first-order valence-electron chi connectivity index (χ1n) is 9.06. The van der Waals surface area contributed by atoms with Crippen molar-refractivity contribution in [1.82, 2.24) is 19.7 Å². The lowest BCUT2D eigenvalue weighted by atomic mass is 10.1. The van der Waals surface area contributed by atoms with Crippen LogP contribution in [0.1, 0.15) is 37.7 Å². The van der Waals surface area contributed by atoms with Gasteiger partial charge in [0.25, 0.3) is 0 Å². The summed E-state index contributed by atoms with van der Waals surface area (Å²) in [5.41, 5.74) is 2.66. The number of benzene rings is 1. The van der Waals surface area contributed by atoms with Gasteiger partial charge < -0.3 is 9.64 Å². The lowest BCUT2D eigenvalue weighted by Crippen LogP contribution is -2.37. The minimum atomic E-state index is -0.574. The SMILES string of the molecule is Cc1ccc(C)c(-n2c(C)nnc2SCC(=O)N(C)CC(=O)OC(C)(C)C)c1. The summed E-state index contributed by atoms with van der Waals surface area (Å²) in [5, 5.41) is 9.03. The zero-order valence-corrected chi connectivity index (χ0v) is 18.4. The molecule has 1 aromatic heterocycles. The Morgan fingerprint density at radius 1 is 1.18 bits per heavy atom. The van der Waals surface area contributed by atoms with E-state index in [4.69, 9.17) is 4.74 Å². The molecule has 0 aliphatic heterocycles. The highest BCUT2D eigenvalue weighted by Gasteiger charge is 2.21. The number of nitrogens with zero attached hydrogens (tertiary/aromatic N) is 4. The lowest BCUT2D eigenvalue weighted by molar-refractivity contribution is -0.157. The number of carbonyl (C=O) groups excluding carboxylic acids is 2. The van der Waals surface area contributed by atoms with Crippen LogP contribution in [0.2, 0.25) is 0 Å². The molecule has 1 amide bonds. The highest BCUT2D eigenvalue weighted by atomic mass is 32.2. The third kappa shape index (κ3) is 5.82. The summed E-state index contributed by atoms with van der Waals surface area (Å²) >= 11 is 1.30. The van der Waals surface area contributed by atoms with E-state index in [9.17, 15) is 9.59 Å². The summed E-state index contributed by atoms with van der Waals surface area (Å²) in [6.45, 7) is 11.3. The molecule has 8 heteroatoms. The zero-order valence-electron chi connectivity index (χ0n) is 17.6. The van der Waals surface area contributed by atoms with Crippen LogP contribution in [-0.2, 0) is 14.3 Å². The van der Waals surface area contributed by atoms with Gasteiger partial charge in [0, 0.05) is 7.05 Å². The van der Waals surface area contributed by atoms with Crippen molar-refractivity contribution in [3.8, 4) is 5.69 Å². The van der Waals surface area contributed by atoms with Crippen molar-refractivity contribution in [3.05, 3.63) is 35.2 Å². The van der Waals surface area contributed by atoms with E-state index in [1.807, 2.05) is 25.3 Å². The normalized spacial score (nSPS) is 11.4. The predicted molar refractivity (Wildman–Crippen MR) is 110 cm³/mol. The van der Waals surface area contributed by atoms with Crippen molar-refractivity contribution in [2.75, 3.05) is 19.3 Å². The first-order chi connectivity index (χ1) is 13.0. The van der Waals surface area contributed by atoms with E-state index in [0.29, 0.717) is 5.16 Å². The molecule has 0 aliphatic rings. The van der Waals surface area contributed by atoms with Gasteiger partial charge in [0.1, 0.15) is 18.0 Å². The van der Waals surface area contributed by atoms with E-state index in [0.717, 1.165) is 22.6 Å². The Kier molecular flexibility index (Phi) is 6.87. The molecule has 0 saturated heterocycles. The van der Waals surface area contributed by atoms with Gasteiger partial charge in [-0.05, 0) is 58.7 Å². The van der Waals surface area contributed by atoms with Crippen LogP contribution >= 0.6 is 11.8 Å². The number of thioether (sulfide) groups is 1. The van der Waals surface area contributed by atoms with Crippen LogP contribution in [0.3, 0.4) is 0 Å². The molecule has 1 heterocycles. The molecule has 0 saturated carbocycles. The molecule has 0 N–H and O–H groups in total. The van der Waals surface area contributed by atoms with Gasteiger partial charge >= 0.3 is 5.97 Å². The molecule has 0 radical (unpaired) electrons. The van der Waals surface area contributed by atoms with Gasteiger partial charge in [0.05, 0.1) is 11.4 Å². The summed E-state index contributed by atoms with van der Waals surface area (Å²) in [5.74, 6) is 0.306. The van der Waals surface area contributed by atoms with Crippen LogP contribution in [0.25, 0.3) is 5.69 Å². The van der Waals surface area contributed by atoms with Crippen LogP contribution in [0.5, 0.6) is 0 Å². The average molecular weight is 405 g/mol. The van der Waals surface area contributed by atoms with E-state index in [1.165, 1.54) is 16.7 Å². The lowest BCUT2D eigenvalue weighted by Gasteiger charge is -2.22. The summed E-state index contributed by atoms with van der Waals surface area (Å²) in [7, 11) is 1.59. The number of aromatic nitrogens is 3. The highest BCUT2D eigenvalue weighted by Crippen LogP contribution is 2.25. The van der Waals surface area contributed by atoms with E-state index in [2.05, 4.69) is 28.4 Å². The van der Waals surface area contributed by atoms with Crippen molar-refractivity contribution in [3.63, 3.8) is 0 Å². The van der Waals surface area contributed by atoms with E-state index < -0.39 is 11.6 Å². The summed E-state index contributed by atoms with van der Waals surface area (Å²) in [6.07, 6.45) is 0. The first kappa shape index (κ1) is 21.9.